The Morgan fingerprint density at radius 2 is 1.97 bits per heavy atom. The summed E-state index contributed by atoms with van der Waals surface area (Å²) in [5.74, 6) is -0.227. The van der Waals surface area contributed by atoms with Gasteiger partial charge in [-0.2, -0.15) is 13.2 Å². The molecule has 0 unspecified atom stereocenters. The minimum atomic E-state index is -4.56. The van der Waals surface area contributed by atoms with Gasteiger partial charge in [0.2, 0.25) is 0 Å². The number of ether oxygens (including phenoxy) is 2. The van der Waals surface area contributed by atoms with Crippen LogP contribution in [0.1, 0.15) is 30.9 Å². The number of alkyl halides is 3. The Morgan fingerprint density at radius 1 is 1.25 bits per heavy atom. The van der Waals surface area contributed by atoms with Crippen molar-refractivity contribution in [1.29, 1.82) is 0 Å². The number of methoxy groups -OCH3 is 1. The molecule has 12 heteroatoms. The number of hydrogen-bond donors (Lipinski definition) is 0. The summed E-state index contributed by atoms with van der Waals surface area (Å²) in [6.45, 7) is 1.98. The Morgan fingerprint density at radius 3 is 2.53 bits per heavy atom. The van der Waals surface area contributed by atoms with Gasteiger partial charge >= 0.3 is 6.18 Å². The predicted octanol–water partition coefficient (Wildman–Crippen LogP) is 6.55. The molecule has 0 saturated carbocycles. The summed E-state index contributed by atoms with van der Waals surface area (Å²) < 4.78 is 49.1. The van der Waals surface area contributed by atoms with E-state index in [1.54, 1.807) is 0 Å². The molecule has 0 spiro atoms. The van der Waals surface area contributed by atoms with Gasteiger partial charge in [0, 0.05) is 17.0 Å². The lowest BCUT2D eigenvalue weighted by Crippen LogP contribution is -2.10. The Kier molecular flexibility index (Phi) is 8.79. The van der Waals surface area contributed by atoms with E-state index in [4.69, 9.17) is 38.1 Å². The van der Waals surface area contributed by atoms with Gasteiger partial charge in [0.05, 0.1) is 22.6 Å². The molecule has 0 aromatic heterocycles. The molecule has 0 aliphatic heterocycles. The minimum absolute atomic E-state index is 0.0290. The van der Waals surface area contributed by atoms with Crippen molar-refractivity contribution < 1.29 is 32.4 Å². The lowest BCUT2D eigenvalue weighted by molar-refractivity contribution is -0.385. The number of hydrogen-bond acceptors (Lipinski definition) is 7. The SMILES string of the molecule is CCCC(=S)CON=C(OC)c1cc(Oc2ccc(C(F)(F)F)cc2Cl)ccc1[N+](=O)[O-]. The van der Waals surface area contributed by atoms with E-state index in [2.05, 4.69) is 5.16 Å². The molecule has 2 rings (SSSR count). The third-order valence-corrected chi connectivity index (χ3v) is 4.59. The summed E-state index contributed by atoms with van der Waals surface area (Å²) in [6.07, 6.45) is -3.07. The van der Waals surface area contributed by atoms with E-state index in [9.17, 15) is 23.3 Å². The summed E-state index contributed by atoms with van der Waals surface area (Å²) in [4.78, 5) is 16.5. The molecule has 2 aromatic rings. The summed E-state index contributed by atoms with van der Waals surface area (Å²) >= 11 is 11.0. The van der Waals surface area contributed by atoms with E-state index in [-0.39, 0.29) is 40.3 Å². The Hall–Kier alpha value is -2.92. The molecule has 0 amide bonds. The Bertz CT molecular complexity index is 1030. The fourth-order valence-corrected chi connectivity index (χ4v) is 2.98. The van der Waals surface area contributed by atoms with Crippen LogP contribution < -0.4 is 4.74 Å². The second kappa shape index (κ2) is 11.1. The standard InChI is InChI=1S/C20H18ClF3N2O5S/c1-3-4-14(32)11-30-25-19(29-2)15-10-13(6-7-17(15)26(27)28)31-18-8-5-12(9-16(18)21)20(22,23)24/h5-10H,3-4,11H2,1-2H3. The monoisotopic (exact) mass is 490 g/mol. The van der Waals surface area contributed by atoms with Gasteiger partial charge in [-0.1, -0.05) is 37.2 Å². The van der Waals surface area contributed by atoms with Crippen molar-refractivity contribution in [2.75, 3.05) is 13.7 Å². The van der Waals surface area contributed by atoms with E-state index in [1.807, 2.05) is 6.92 Å². The quantitative estimate of drug-likeness (QED) is 0.130. The first-order chi connectivity index (χ1) is 15.1. The number of halogens is 4. The van der Waals surface area contributed by atoms with Crippen LogP contribution in [0.25, 0.3) is 0 Å². The number of nitro groups is 1. The fourth-order valence-electron chi connectivity index (χ4n) is 2.51. The van der Waals surface area contributed by atoms with Crippen molar-refractivity contribution >= 4 is 40.3 Å². The van der Waals surface area contributed by atoms with Gasteiger partial charge in [-0.15, -0.1) is 0 Å². The van der Waals surface area contributed by atoms with Crippen molar-refractivity contribution in [3.63, 3.8) is 0 Å². The third kappa shape index (κ3) is 6.79. The average molecular weight is 491 g/mol. The average Bonchev–Trinajstić information content (AvgIpc) is 2.72. The molecular weight excluding hydrogens is 473 g/mol. The fraction of sp³-hybridized carbons (Fsp3) is 0.300. The Balaban J connectivity index is 2.34. The maximum Gasteiger partial charge on any atom is 0.416 e. The van der Waals surface area contributed by atoms with Gasteiger partial charge in [-0.05, 0) is 35.8 Å². The molecule has 0 atom stereocenters. The molecule has 0 aliphatic carbocycles. The first-order valence-electron chi connectivity index (χ1n) is 9.15. The lowest BCUT2D eigenvalue weighted by Gasteiger charge is -2.12. The number of nitrogens with zero attached hydrogens (tertiary/aromatic N) is 2. The zero-order valence-electron chi connectivity index (χ0n) is 16.9. The van der Waals surface area contributed by atoms with Crippen molar-refractivity contribution in [1.82, 2.24) is 0 Å². The van der Waals surface area contributed by atoms with Crippen LogP contribution in [0.15, 0.2) is 41.6 Å². The second-order valence-electron chi connectivity index (χ2n) is 6.34. The first-order valence-corrected chi connectivity index (χ1v) is 9.94. The summed E-state index contributed by atoms with van der Waals surface area (Å²) in [7, 11) is 1.25. The molecule has 2 aromatic carbocycles. The van der Waals surface area contributed by atoms with Crippen LogP contribution in [0, 0.1) is 10.1 Å². The first kappa shape index (κ1) is 25.3. The van der Waals surface area contributed by atoms with Crippen LogP contribution in [0.4, 0.5) is 18.9 Å². The van der Waals surface area contributed by atoms with E-state index >= 15 is 0 Å². The summed E-state index contributed by atoms with van der Waals surface area (Å²) in [5.41, 5.74) is -1.36. The highest BCUT2D eigenvalue weighted by molar-refractivity contribution is 7.80. The molecule has 0 fully saturated rings. The highest BCUT2D eigenvalue weighted by Crippen LogP contribution is 2.37. The van der Waals surface area contributed by atoms with E-state index in [0.29, 0.717) is 11.3 Å². The molecule has 0 saturated heterocycles. The molecule has 0 aliphatic rings. The zero-order valence-corrected chi connectivity index (χ0v) is 18.5. The number of nitro benzene ring substituents is 1. The largest absolute Gasteiger partial charge is 0.478 e. The molecule has 0 radical (unpaired) electrons. The van der Waals surface area contributed by atoms with Crippen molar-refractivity contribution in [2.24, 2.45) is 5.16 Å². The number of thiocarbonyl (C=S) groups is 1. The van der Waals surface area contributed by atoms with Gasteiger partial charge in [0.25, 0.3) is 11.6 Å². The van der Waals surface area contributed by atoms with Crippen LogP contribution in [-0.4, -0.2) is 29.4 Å². The van der Waals surface area contributed by atoms with Crippen LogP contribution >= 0.6 is 23.8 Å². The van der Waals surface area contributed by atoms with Crippen molar-refractivity contribution in [3.05, 3.63) is 62.7 Å². The summed E-state index contributed by atoms with van der Waals surface area (Å²) in [5, 5.41) is 14.9. The maximum atomic E-state index is 12.8. The molecule has 172 valence electrons. The topological polar surface area (TPSA) is 83.2 Å². The van der Waals surface area contributed by atoms with Crippen LogP contribution in [0.5, 0.6) is 11.5 Å². The molecule has 0 N–H and O–H groups in total. The molecule has 0 heterocycles. The van der Waals surface area contributed by atoms with E-state index < -0.39 is 16.7 Å². The van der Waals surface area contributed by atoms with Gasteiger partial charge < -0.3 is 14.3 Å². The molecule has 32 heavy (non-hydrogen) atoms. The van der Waals surface area contributed by atoms with Crippen LogP contribution in [0.2, 0.25) is 5.02 Å². The molecular formula is C20H18ClF3N2O5S. The van der Waals surface area contributed by atoms with Gasteiger partial charge in [-0.25, -0.2) is 0 Å². The van der Waals surface area contributed by atoms with Gasteiger partial charge in [0.1, 0.15) is 23.7 Å². The normalized spacial score (nSPS) is 11.8. The van der Waals surface area contributed by atoms with Crippen LogP contribution in [0.3, 0.4) is 0 Å². The Labute approximate surface area is 191 Å². The minimum Gasteiger partial charge on any atom is -0.478 e. The smallest absolute Gasteiger partial charge is 0.416 e. The predicted molar refractivity (Wildman–Crippen MR) is 117 cm³/mol. The van der Waals surface area contributed by atoms with Gasteiger partial charge in [-0.3, -0.25) is 10.1 Å². The number of benzene rings is 2. The highest BCUT2D eigenvalue weighted by atomic mass is 35.5. The zero-order chi connectivity index (χ0) is 23.9. The van der Waals surface area contributed by atoms with Gasteiger partial charge in [0.15, 0.2) is 0 Å². The third-order valence-electron chi connectivity index (χ3n) is 3.98. The molecule has 7 nitrogen and oxygen atoms in total. The molecule has 0 bridgehead atoms. The van der Waals surface area contributed by atoms with E-state index in [0.717, 1.165) is 30.7 Å². The second-order valence-corrected chi connectivity index (χ2v) is 7.33. The summed E-state index contributed by atoms with van der Waals surface area (Å²) in [6, 6.07) is 6.22. The van der Waals surface area contributed by atoms with Crippen LogP contribution in [-0.2, 0) is 15.8 Å². The number of oxime groups is 1. The lowest BCUT2D eigenvalue weighted by atomic mass is 10.1. The van der Waals surface area contributed by atoms with Crippen molar-refractivity contribution in [3.8, 4) is 11.5 Å². The number of rotatable bonds is 9. The maximum absolute atomic E-state index is 12.8. The van der Waals surface area contributed by atoms with E-state index in [1.165, 1.54) is 19.2 Å². The highest BCUT2D eigenvalue weighted by Gasteiger charge is 2.31. The van der Waals surface area contributed by atoms with Crippen molar-refractivity contribution in [2.45, 2.75) is 25.9 Å².